The molecule has 0 bridgehead atoms. The van der Waals surface area contributed by atoms with Gasteiger partial charge in [-0.15, -0.1) is 0 Å². The predicted molar refractivity (Wildman–Crippen MR) is 86.9 cm³/mol. The molecule has 112 valence electrons. The molecular formula is C18H9N5O. The summed E-state index contributed by atoms with van der Waals surface area (Å²) in [6, 6.07) is 19.8. The van der Waals surface area contributed by atoms with Gasteiger partial charge in [0.1, 0.15) is 29.4 Å². The minimum atomic E-state index is -0.275. The standard InChI is InChI=1S/C18H9N5O/c19-9-13(10-20)16(11-21)22-14-6-7-17-15(8-14)23-18(24-17)12-4-2-1-3-5-12/h1-8,22H. The van der Waals surface area contributed by atoms with E-state index >= 15 is 0 Å². The quantitative estimate of drug-likeness (QED) is 0.738. The number of rotatable bonds is 3. The van der Waals surface area contributed by atoms with Crippen LogP contribution in [0.2, 0.25) is 0 Å². The number of hydrogen-bond acceptors (Lipinski definition) is 6. The van der Waals surface area contributed by atoms with Crippen LogP contribution in [-0.4, -0.2) is 4.98 Å². The summed E-state index contributed by atoms with van der Waals surface area (Å²) in [4.78, 5) is 4.43. The lowest BCUT2D eigenvalue weighted by molar-refractivity contribution is 0.620. The molecule has 6 nitrogen and oxygen atoms in total. The zero-order chi connectivity index (χ0) is 16.9. The van der Waals surface area contributed by atoms with E-state index in [1.54, 1.807) is 30.3 Å². The monoisotopic (exact) mass is 311 g/mol. The summed E-state index contributed by atoms with van der Waals surface area (Å²) < 4.78 is 5.71. The molecule has 0 spiro atoms. The Kier molecular flexibility index (Phi) is 3.93. The van der Waals surface area contributed by atoms with Gasteiger partial charge in [-0.05, 0) is 30.3 Å². The van der Waals surface area contributed by atoms with E-state index in [-0.39, 0.29) is 11.3 Å². The summed E-state index contributed by atoms with van der Waals surface area (Å²) in [5.74, 6) is 0.494. The van der Waals surface area contributed by atoms with E-state index in [1.807, 2.05) is 36.4 Å². The van der Waals surface area contributed by atoms with Crippen molar-refractivity contribution in [3.8, 4) is 29.7 Å². The summed E-state index contributed by atoms with van der Waals surface area (Å²) in [6.45, 7) is 0. The van der Waals surface area contributed by atoms with Gasteiger partial charge in [0.25, 0.3) is 0 Å². The molecule has 0 unspecified atom stereocenters. The highest BCUT2D eigenvalue weighted by Gasteiger charge is 2.10. The van der Waals surface area contributed by atoms with Crippen molar-refractivity contribution >= 4 is 16.8 Å². The first-order valence-electron chi connectivity index (χ1n) is 6.92. The second-order valence-electron chi connectivity index (χ2n) is 4.78. The second kappa shape index (κ2) is 6.36. The first kappa shape index (κ1) is 14.8. The number of aromatic nitrogens is 1. The number of allylic oxidation sites excluding steroid dienone is 2. The smallest absolute Gasteiger partial charge is 0.227 e. The van der Waals surface area contributed by atoms with Crippen LogP contribution in [0.1, 0.15) is 0 Å². The van der Waals surface area contributed by atoms with E-state index < -0.39 is 0 Å². The Hall–Kier alpha value is -4.08. The van der Waals surface area contributed by atoms with Crippen LogP contribution < -0.4 is 5.32 Å². The van der Waals surface area contributed by atoms with Crippen molar-refractivity contribution in [3.63, 3.8) is 0 Å². The van der Waals surface area contributed by atoms with Crippen molar-refractivity contribution in [2.45, 2.75) is 0 Å². The summed E-state index contributed by atoms with van der Waals surface area (Å²) in [5.41, 5.74) is 2.22. The molecule has 3 rings (SSSR count). The van der Waals surface area contributed by atoms with Gasteiger partial charge in [0, 0.05) is 11.3 Å². The highest BCUT2D eigenvalue weighted by Crippen LogP contribution is 2.26. The molecule has 1 aromatic heterocycles. The average molecular weight is 311 g/mol. The minimum Gasteiger partial charge on any atom is -0.436 e. The third-order valence-electron chi connectivity index (χ3n) is 3.26. The Bertz CT molecular complexity index is 1040. The van der Waals surface area contributed by atoms with Crippen molar-refractivity contribution in [1.29, 1.82) is 15.8 Å². The lowest BCUT2D eigenvalue weighted by Crippen LogP contribution is -2.00. The van der Waals surface area contributed by atoms with E-state index in [0.717, 1.165) is 5.56 Å². The molecule has 0 aliphatic rings. The van der Waals surface area contributed by atoms with E-state index in [9.17, 15) is 0 Å². The molecule has 0 atom stereocenters. The molecule has 2 aromatic carbocycles. The van der Waals surface area contributed by atoms with Gasteiger partial charge >= 0.3 is 0 Å². The highest BCUT2D eigenvalue weighted by atomic mass is 16.3. The molecule has 0 fully saturated rings. The number of nitrogens with one attached hydrogen (secondary N) is 1. The first-order chi connectivity index (χ1) is 11.7. The molecular weight excluding hydrogens is 302 g/mol. The average Bonchev–Trinajstić information content (AvgIpc) is 3.06. The van der Waals surface area contributed by atoms with E-state index in [4.69, 9.17) is 20.2 Å². The minimum absolute atomic E-state index is 0.105. The third-order valence-corrected chi connectivity index (χ3v) is 3.26. The molecule has 24 heavy (non-hydrogen) atoms. The van der Waals surface area contributed by atoms with Crippen LogP contribution in [0.3, 0.4) is 0 Å². The van der Waals surface area contributed by atoms with Gasteiger partial charge in [-0.2, -0.15) is 15.8 Å². The molecule has 0 amide bonds. The van der Waals surface area contributed by atoms with Crippen LogP contribution in [-0.2, 0) is 0 Å². The summed E-state index contributed by atoms with van der Waals surface area (Å²) in [5, 5.41) is 29.6. The number of benzene rings is 2. The summed E-state index contributed by atoms with van der Waals surface area (Å²) in [6.07, 6.45) is 0. The van der Waals surface area contributed by atoms with Crippen LogP contribution in [0, 0.1) is 34.0 Å². The fraction of sp³-hybridized carbons (Fsp3) is 0. The van der Waals surface area contributed by atoms with Gasteiger partial charge < -0.3 is 9.73 Å². The van der Waals surface area contributed by atoms with Gasteiger partial charge in [-0.25, -0.2) is 4.98 Å². The van der Waals surface area contributed by atoms with Crippen molar-refractivity contribution < 1.29 is 4.42 Å². The molecule has 1 heterocycles. The summed E-state index contributed by atoms with van der Waals surface area (Å²) >= 11 is 0. The van der Waals surface area contributed by atoms with E-state index in [0.29, 0.717) is 22.7 Å². The molecule has 0 aliphatic heterocycles. The normalized spacial score (nSPS) is 9.54. The Morgan fingerprint density at radius 1 is 0.958 bits per heavy atom. The lowest BCUT2D eigenvalue weighted by atomic mass is 10.2. The maximum absolute atomic E-state index is 9.08. The van der Waals surface area contributed by atoms with Crippen LogP contribution in [0.4, 0.5) is 5.69 Å². The lowest BCUT2D eigenvalue weighted by Gasteiger charge is -2.03. The molecule has 0 saturated carbocycles. The Morgan fingerprint density at radius 2 is 1.71 bits per heavy atom. The number of nitriles is 3. The van der Waals surface area contributed by atoms with E-state index in [2.05, 4.69) is 10.3 Å². The van der Waals surface area contributed by atoms with Crippen molar-refractivity contribution in [2.24, 2.45) is 0 Å². The van der Waals surface area contributed by atoms with Crippen LogP contribution in [0.25, 0.3) is 22.6 Å². The maximum Gasteiger partial charge on any atom is 0.227 e. The van der Waals surface area contributed by atoms with Crippen LogP contribution >= 0.6 is 0 Å². The SMILES string of the molecule is N#CC(C#N)=C(C#N)Nc1ccc2oc(-c3ccccc3)nc2c1. The second-order valence-corrected chi connectivity index (χ2v) is 4.78. The molecule has 6 heteroatoms. The van der Waals surface area contributed by atoms with E-state index in [1.165, 1.54) is 0 Å². The Morgan fingerprint density at radius 3 is 2.38 bits per heavy atom. The fourth-order valence-electron chi connectivity index (χ4n) is 2.14. The van der Waals surface area contributed by atoms with Crippen molar-refractivity contribution in [2.75, 3.05) is 5.32 Å². The molecule has 3 aromatic rings. The maximum atomic E-state index is 9.08. The zero-order valence-electron chi connectivity index (χ0n) is 12.3. The van der Waals surface area contributed by atoms with Crippen LogP contribution in [0.15, 0.2) is 64.2 Å². The van der Waals surface area contributed by atoms with Gasteiger partial charge in [0.05, 0.1) is 0 Å². The Labute approximate surface area is 137 Å². The van der Waals surface area contributed by atoms with Crippen molar-refractivity contribution in [1.82, 2.24) is 4.98 Å². The largest absolute Gasteiger partial charge is 0.436 e. The zero-order valence-corrected chi connectivity index (χ0v) is 12.3. The molecule has 0 radical (unpaired) electrons. The molecule has 1 N–H and O–H groups in total. The van der Waals surface area contributed by atoms with Gasteiger partial charge in [-0.1, -0.05) is 18.2 Å². The van der Waals surface area contributed by atoms with Gasteiger partial charge in [-0.3, -0.25) is 0 Å². The van der Waals surface area contributed by atoms with Crippen molar-refractivity contribution in [3.05, 3.63) is 59.8 Å². The first-order valence-corrected chi connectivity index (χ1v) is 6.92. The third kappa shape index (κ3) is 2.78. The fourth-order valence-corrected chi connectivity index (χ4v) is 2.14. The molecule has 0 aliphatic carbocycles. The van der Waals surface area contributed by atoms with Gasteiger partial charge in [0.2, 0.25) is 5.89 Å². The van der Waals surface area contributed by atoms with Crippen LogP contribution in [0.5, 0.6) is 0 Å². The van der Waals surface area contributed by atoms with Gasteiger partial charge in [0.15, 0.2) is 11.2 Å². The number of anilines is 1. The number of fused-ring (bicyclic) bond motifs is 1. The Balaban J connectivity index is 1.99. The number of nitrogens with zero attached hydrogens (tertiary/aromatic N) is 4. The summed E-state index contributed by atoms with van der Waals surface area (Å²) in [7, 11) is 0. The topological polar surface area (TPSA) is 109 Å². The number of hydrogen-bond donors (Lipinski definition) is 1. The number of oxazole rings is 1. The predicted octanol–water partition coefficient (Wildman–Crippen LogP) is 3.73. The molecule has 0 saturated heterocycles. The highest BCUT2D eigenvalue weighted by molar-refractivity contribution is 5.80.